The van der Waals surface area contributed by atoms with E-state index in [9.17, 15) is 13.2 Å². The van der Waals surface area contributed by atoms with E-state index in [0.29, 0.717) is 37.1 Å². The first kappa shape index (κ1) is 20.2. The van der Waals surface area contributed by atoms with E-state index in [0.717, 1.165) is 18.4 Å². The maximum atomic E-state index is 12.8. The lowest BCUT2D eigenvalue weighted by atomic mass is 10.0. The molecule has 0 spiro atoms. The third-order valence-electron chi connectivity index (χ3n) is 5.51. The number of urea groups is 1. The molecule has 29 heavy (non-hydrogen) atoms. The molecule has 1 N–H and O–H groups in total. The fourth-order valence-electron chi connectivity index (χ4n) is 3.67. The lowest BCUT2D eigenvalue weighted by Gasteiger charge is -2.35. The summed E-state index contributed by atoms with van der Waals surface area (Å²) in [5, 5.41) is 3.82. The largest absolute Gasteiger partial charge is 0.331 e. The average Bonchev–Trinajstić information content (AvgIpc) is 3.58. The van der Waals surface area contributed by atoms with E-state index in [-0.39, 0.29) is 17.0 Å². The number of halogens is 1. The van der Waals surface area contributed by atoms with Crippen molar-refractivity contribution < 1.29 is 13.2 Å². The topological polar surface area (TPSA) is 69.7 Å². The number of carbonyl (C=O) groups excluding carboxylic acids is 1. The summed E-state index contributed by atoms with van der Waals surface area (Å²) >= 11 is 5.98. The van der Waals surface area contributed by atoms with Gasteiger partial charge in [-0.15, -0.1) is 0 Å². The molecule has 1 saturated heterocycles. The summed E-state index contributed by atoms with van der Waals surface area (Å²) in [5.74, 6) is 0.444. The predicted octanol–water partition coefficient (Wildman–Crippen LogP) is 3.51. The second-order valence-electron chi connectivity index (χ2n) is 7.52. The third kappa shape index (κ3) is 4.57. The lowest BCUT2D eigenvalue weighted by Crippen LogP contribution is -2.53. The first-order valence-corrected chi connectivity index (χ1v) is 11.6. The van der Waals surface area contributed by atoms with Crippen molar-refractivity contribution in [1.82, 2.24) is 14.5 Å². The Balaban J connectivity index is 1.38. The molecule has 1 aliphatic heterocycles. The van der Waals surface area contributed by atoms with Gasteiger partial charge in [-0.2, -0.15) is 4.31 Å². The van der Waals surface area contributed by atoms with Crippen LogP contribution < -0.4 is 5.32 Å². The van der Waals surface area contributed by atoms with Crippen LogP contribution in [0, 0.1) is 5.92 Å². The number of hydrogen-bond donors (Lipinski definition) is 1. The molecule has 154 valence electrons. The molecule has 1 unspecified atom stereocenters. The summed E-state index contributed by atoms with van der Waals surface area (Å²) in [7, 11) is -3.52. The second-order valence-corrected chi connectivity index (χ2v) is 9.89. The zero-order chi connectivity index (χ0) is 20.4. The summed E-state index contributed by atoms with van der Waals surface area (Å²) in [6.07, 6.45) is 2.19. The van der Waals surface area contributed by atoms with Gasteiger partial charge < -0.3 is 10.2 Å². The second kappa shape index (κ2) is 8.34. The molecule has 1 atom stereocenters. The molecule has 2 aliphatic rings. The van der Waals surface area contributed by atoms with Crippen LogP contribution in [0.3, 0.4) is 0 Å². The molecule has 6 nitrogen and oxygen atoms in total. The van der Waals surface area contributed by atoms with Gasteiger partial charge in [-0.05, 0) is 48.6 Å². The molecule has 2 aromatic rings. The lowest BCUT2D eigenvalue weighted by molar-refractivity contribution is 0.167. The van der Waals surface area contributed by atoms with Crippen LogP contribution in [-0.2, 0) is 10.0 Å². The van der Waals surface area contributed by atoms with Crippen molar-refractivity contribution in [1.29, 1.82) is 0 Å². The fraction of sp³-hybridized carbons (Fsp3) is 0.381. The van der Waals surface area contributed by atoms with E-state index in [1.54, 1.807) is 35.2 Å². The zero-order valence-corrected chi connectivity index (χ0v) is 17.6. The Kier molecular flexibility index (Phi) is 5.81. The Hall–Kier alpha value is -2.09. The summed E-state index contributed by atoms with van der Waals surface area (Å²) < 4.78 is 26.9. The zero-order valence-electron chi connectivity index (χ0n) is 16.0. The van der Waals surface area contributed by atoms with Crippen molar-refractivity contribution in [2.24, 2.45) is 5.92 Å². The average molecular weight is 434 g/mol. The SMILES string of the molecule is O=C(NC(c1ccc(Cl)cc1)C1CC1)N1CCN(S(=O)(=O)c2ccccc2)CC1. The third-order valence-corrected chi connectivity index (χ3v) is 7.67. The molecule has 2 aromatic carbocycles. The van der Waals surface area contributed by atoms with E-state index in [4.69, 9.17) is 11.6 Å². The molecular formula is C21H24ClN3O3S. The number of piperazine rings is 1. The maximum absolute atomic E-state index is 12.8. The molecule has 4 rings (SSSR count). The van der Waals surface area contributed by atoms with Crippen LogP contribution in [0.5, 0.6) is 0 Å². The van der Waals surface area contributed by atoms with E-state index in [1.807, 2.05) is 24.3 Å². The molecule has 1 aliphatic carbocycles. The highest BCUT2D eigenvalue weighted by Gasteiger charge is 2.35. The highest BCUT2D eigenvalue weighted by molar-refractivity contribution is 7.89. The Bertz CT molecular complexity index is 954. The standard InChI is InChI=1S/C21H24ClN3O3S/c22-18-10-8-17(9-11-18)20(16-6-7-16)23-21(26)24-12-14-25(15-13-24)29(27,28)19-4-2-1-3-5-19/h1-5,8-11,16,20H,6-7,12-15H2,(H,23,26). The number of sulfonamides is 1. The van der Waals surface area contributed by atoms with Gasteiger partial charge in [-0.1, -0.05) is 41.9 Å². The van der Waals surface area contributed by atoms with Crippen LogP contribution in [0.1, 0.15) is 24.4 Å². The highest BCUT2D eigenvalue weighted by atomic mass is 35.5. The van der Waals surface area contributed by atoms with Crippen molar-refractivity contribution >= 4 is 27.7 Å². The Morgan fingerprint density at radius 3 is 2.17 bits per heavy atom. The number of rotatable bonds is 5. The normalized spacial score (nSPS) is 19.0. The molecule has 1 heterocycles. The first-order valence-electron chi connectivity index (χ1n) is 9.81. The van der Waals surface area contributed by atoms with Crippen molar-refractivity contribution in [2.45, 2.75) is 23.8 Å². The fourth-order valence-corrected chi connectivity index (χ4v) is 5.24. The molecule has 0 bridgehead atoms. The molecule has 0 radical (unpaired) electrons. The van der Waals surface area contributed by atoms with Crippen LogP contribution in [0.25, 0.3) is 0 Å². The van der Waals surface area contributed by atoms with Crippen LogP contribution >= 0.6 is 11.6 Å². The van der Waals surface area contributed by atoms with Crippen LogP contribution in [0.15, 0.2) is 59.5 Å². The summed E-state index contributed by atoms with van der Waals surface area (Å²) in [6, 6.07) is 15.8. The molecular weight excluding hydrogens is 410 g/mol. The van der Waals surface area contributed by atoms with E-state index in [2.05, 4.69) is 5.32 Å². The number of amides is 2. The number of hydrogen-bond acceptors (Lipinski definition) is 3. The Morgan fingerprint density at radius 2 is 1.59 bits per heavy atom. The smallest absolute Gasteiger partial charge is 0.317 e. The predicted molar refractivity (Wildman–Crippen MR) is 112 cm³/mol. The van der Waals surface area contributed by atoms with Gasteiger partial charge in [0.05, 0.1) is 10.9 Å². The van der Waals surface area contributed by atoms with E-state index >= 15 is 0 Å². The quantitative estimate of drug-likeness (QED) is 0.784. The number of benzene rings is 2. The first-order chi connectivity index (χ1) is 13.9. The number of carbonyl (C=O) groups is 1. The molecule has 8 heteroatoms. The van der Waals surface area contributed by atoms with Crippen LogP contribution in [0.2, 0.25) is 5.02 Å². The van der Waals surface area contributed by atoms with Crippen molar-refractivity contribution in [3.05, 3.63) is 65.2 Å². The molecule has 2 amide bonds. The minimum Gasteiger partial charge on any atom is -0.331 e. The van der Waals surface area contributed by atoms with Crippen LogP contribution in [0.4, 0.5) is 4.79 Å². The molecule has 1 saturated carbocycles. The minimum absolute atomic E-state index is 0.0363. The van der Waals surface area contributed by atoms with Crippen molar-refractivity contribution in [3.63, 3.8) is 0 Å². The highest BCUT2D eigenvalue weighted by Crippen LogP contribution is 2.41. The van der Waals surface area contributed by atoms with Gasteiger partial charge in [-0.3, -0.25) is 0 Å². The van der Waals surface area contributed by atoms with E-state index < -0.39 is 10.0 Å². The van der Waals surface area contributed by atoms with Gasteiger partial charge in [0.1, 0.15) is 0 Å². The van der Waals surface area contributed by atoms with Gasteiger partial charge in [0.2, 0.25) is 10.0 Å². The summed E-state index contributed by atoms with van der Waals surface area (Å²) in [6.45, 7) is 1.32. The van der Waals surface area contributed by atoms with E-state index in [1.165, 1.54) is 4.31 Å². The number of nitrogens with one attached hydrogen (secondary N) is 1. The van der Waals surface area contributed by atoms with Gasteiger partial charge in [0, 0.05) is 31.2 Å². The van der Waals surface area contributed by atoms with Gasteiger partial charge in [0.15, 0.2) is 0 Å². The maximum Gasteiger partial charge on any atom is 0.317 e. The summed E-state index contributed by atoms with van der Waals surface area (Å²) in [4.78, 5) is 14.8. The Morgan fingerprint density at radius 1 is 0.966 bits per heavy atom. The summed E-state index contributed by atoms with van der Waals surface area (Å²) in [5.41, 5.74) is 1.05. The van der Waals surface area contributed by atoms with Gasteiger partial charge in [-0.25, -0.2) is 13.2 Å². The van der Waals surface area contributed by atoms with Crippen LogP contribution in [-0.4, -0.2) is 49.8 Å². The Labute approximate surface area is 176 Å². The van der Waals surface area contributed by atoms with Crippen molar-refractivity contribution in [3.8, 4) is 0 Å². The monoisotopic (exact) mass is 433 g/mol. The van der Waals surface area contributed by atoms with Gasteiger partial charge in [0.25, 0.3) is 0 Å². The molecule has 0 aromatic heterocycles. The minimum atomic E-state index is -3.52. The van der Waals surface area contributed by atoms with Gasteiger partial charge >= 0.3 is 6.03 Å². The van der Waals surface area contributed by atoms with Crippen molar-refractivity contribution in [2.75, 3.05) is 26.2 Å². The molecule has 2 fully saturated rings. The number of nitrogens with zero attached hydrogens (tertiary/aromatic N) is 2.